The topological polar surface area (TPSA) is 78.9 Å². The quantitative estimate of drug-likeness (QED) is 0.0344. The molecule has 0 rings (SSSR count). The van der Waals surface area contributed by atoms with Crippen LogP contribution in [0.1, 0.15) is 304 Å². The minimum absolute atomic E-state index is 0.0635. The molecular weight excluding hydrogens is 757 g/mol. The van der Waals surface area contributed by atoms with Crippen LogP contribution in [0.2, 0.25) is 0 Å². The van der Waals surface area contributed by atoms with E-state index in [9.17, 15) is 14.4 Å². The molecule has 362 valence electrons. The number of esters is 3. The first-order valence-electron chi connectivity index (χ1n) is 27.2. The molecular formula is C55H106O6. The van der Waals surface area contributed by atoms with Crippen molar-refractivity contribution in [2.75, 3.05) is 13.2 Å². The summed E-state index contributed by atoms with van der Waals surface area (Å²) in [5, 5.41) is 0. The standard InChI is InChI=1S/C55H106O6/c1-6-7-8-9-28-35-40-45-53(56)59-48-52(61-55(58)47-42-37-32-27-23-19-15-14-17-21-25-30-34-39-44-51(4)5)49-60-54(57)46-41-36-31-26-22-18-13-11-10-12-16-20-24-29-33-38-43-50(2)3/h50-52H,6-49H2,1-5H3/t52-/m0/s1. The van der Waals surface area contributed by atoms with Crippen LogP contribution in [0.25, 0.3) is 0 Å². The van der Waals surface area contributed by atoms with Crippen molar-refractivity contribution in [3.63, 3.8) is 0 Å². The number of hydrogen-bond donors (Lipinski definition) is 0. The highest BCUT2D eigenvalue weighted by atomic mass is 16.6. The van der Waals surface area contributed by atoms with Crippen molar-refractivity contribution in [1.82, 2.24) is 0 Å². The summed E-state index contributed by atoms with van der Waals surface area (Å²) in [6.07, 6.45) is 49.6. The molecule has 0 fully saturated rings. The molecule has 0 spiro atoms. The van der Waals surface area contributed by atoms with Crippen LogP contribution in [0.15, 0.2) is 0 Å². The van der Waals surface area contributed by atoms with Gasteiger partial charge in [-0.1, -0.05) is 266 Å². The van der Waals surface area contributed by atoms with Gasteiger partial charge in [0.1, 0.15) is 13.2 Å². The highest BCUT2D eigenvalue weighted by Crippen LogP contribution is 2.18. The molecule has 0 heterocycles. The lowest BCUT2D eigenvalue weighted by Gasteiger charge is -2.18. The molecule has 0 aliphatic heterocycles. The normalized spacial score (nSPS) is 12.0. The van der Waals surface area contributed by atoms with Crippen LogP contribution in [0.3, 0.4) is 0 Å². The lowest BCUT2D eigenvalue weighted by molar-refractivity contribution is -0.167. The van der Waals surface area contributed by atoms with Crippen LogP contribution in [-0.4, -0.2) is 37.2 Å². The molecule has 0 aliphatic rings. The number of hydrogen-bond acceptors (Lipinski definition) is 6. The molecule has 0 aromatic rings. The van der Waals surface area contributed by atoms with E-state index in [-0.39, 0.29) is 31.1 Å². The van der Waals surface area contributed by atoms with Crippen LogP contribution in [0.4, 0.5) is 0 Å². The van der Waals surface area contributed by atoms with E-state index in [1.807, 2.05) is 0 Å². The van der Waals surface area contributed by atoms with Crippen molar-refractivity contribution in [1.29, 1.82) is 0 Å². The third kappa shape index (κ3) is 49.3. The Labute approximate surface area is 380 Å². The van der Waals surface area contributed by atoms with Gasteiger partial charge in [-0.25, -0.2) is 0 Å². The van der Waals surface area contributed by atoms with E-state index in [1.165, 1.54) is 193 Å². The van der Waals surface area contributed by atoms with Crippen molar-refractivity contribution >= 4 is 17.9 Å². The average Bonchev–Trinajstić information content (AvgIpc) is 3.23. The molecule has 0 aliphatic carbocycles. The fourth-order valence-electron chi connectivity index (χ4n) is 8.34. The highest BCUT2D eigenvalue weighted by Gasteiger charge is 2.19. The molecule has 61 heavy (non-hydrogen) atoms. The summed E-state index contributed by atoms with van der Waals surface area (Å²) in [6.45, 7) is 11.4. The molecule has 0 radical (unpaired) electrons. The summed E-state index contributed by atoms with van der Waals surface area (Å²) in [7, 11) is 0. The van der Waals surface area contributed by atoms with E-state index < -0.39 is 6.10 Å². The van der Waals surface area contributed by atoms with E-state index in [0.29, 0.717) is 19.3 Å². The summed E-state index contributed by atoms with van der Waals surface area (Å²) in [5.41, 5.74) is 0. The smallest absolute Gasteiger partial charge is 0.306 e. The first-order valence-corrected chi connectivity index (χ1v) is 27.2. The van der Waals surface area contributed by atoms with Crippen LogP contribution in [0, 0.1) is 11.8 Å². The lowest BCUT2D eigenvalue weighted by Crippen LogP contribution is -2.30. The van der Waals surface area contributed by atoms with Crippen molar-refractivity contribution in [2.45, 2.75) is 310 Å². The van der Waals surface area contributed by atoms with Gasteiger partial charge in [-0.3, -0.25) is 14.4 Å². The van der Waals surface area contributed by atoms with Gasteiger partial charge >= 0.3 is 17.9 Å². The molecule has 0 N–H and O–H groups in total. The maximum Gasteiger partial charge on any atom is 0.306 e. The van der Waals surface area contributed by atoms with E-state index in [4.69, 9.17) is 14.2 Å². The zero-order chi connectivity index (χ0) is 44.7. The van der Waals surface area contributed by atoms with E-state index in [0.717, 1.165) is 69.6 Å². The molecule has 0 aromatic carbocycles. The number of rotatable bonds is 49. The van der Waals surface area contributed by atoms with Gasteiger partial charge in [-0.15, -0.1) is 0 Å². The number of unbranched alkanes of at least 4 members (excludes halogenated alkanes) is 34. The molecule has 0 aromatic heterocycles. The number of carbonyl (C=O) groups is 3. The predicted molar refractivity (Wildman–Crippen MR) is 261 cm³/mol. The second kappa shape index (κ2) is 47.9. The van der Waals surface area contributed by atoms with Crippen molar-refractivity contribution in [3.8, 4) is 0 Å². The Balaban J connectivity index is 4.16. The molecule has 0 unspecified atom stereocenters. The van der Waals surface area contributed by atoms with Gasteiger partial charge in [-0.05, 0) is 31.1 Å². The average molecular weight is 863 g/mol. The van der Waals surface area contributed by atoms with Gasteiger partial charge < -0.3 is 14.2 Å². The minimum atomic E-state index is -0.760. The fourth-order valence-corrected chi connectivity index (χ4v) is 8.34. The van der Waals surface area contributed by atoms with Gasteiger partial charge in [0.2, 0.25) is 0 Å². The monoisotopic (exact) mass is 863 g/mol. The van der Waals surface area contributed by atoms with Gasteiger partial charge in [0.15, 0.2) is 6.10 Å². The first-order chi connectivity index (χ1) is 29.7. The van der Waals surface area contributed by atoms with Gasteiger partial charge in [0.05, 0.1) is 0 Å². The highest BCUT2D eigenvalue weighted by molar-refractivity contribution is 5.71. The third-order valence-corrected chi connectivity index (χ3v) is 12.5. The molecule has 6 heteroatoms. The Kier molecular flexibility index (Phi) is 46.6. The fraction of sp³-hybridized carbons (Fsp3) is 0.945. The second-order valence-corrected chi connectivity index (χ2v) is 19.8. The number of ether oxygens (including phenoxy) is 3. The minimum Gasteiger partial charge on any atom is -0.462 e. The summed E-state index contributed by atoms with van der Waals surface area (Å²) in [6, 6.07) is 0. The third-order valence-electron chi connectivity index (χ3n) is 12.5. The first kappa shape index (κ1) is 59.4. The summed E-state index contributed by atoms with van der Waals surface area (Å²) in [5.74, 6) is 0.846. The summed E-state index contributed by atoms with van der Waals surface area (Å²) >= 11 is 0. The Hall–Kier alpha value is -1.59. The van der Waals surface area contributed by atoms with Gasteiger partial charge in [0, 0.05) is 19.3 Å². The van der Waals surface area contributed by atoms with Gasteiger partial charge in [0.25, 0.3) is 0 Å². The van der Waals surface area contributed by atoms with E-state index in [1.54, 1.807) is 0 Å². The Bertz CT molecular complexity index is 931. The largest absolute Gasteiger partial charge is 0.462 e. The maximum absolute atomic E-state index is 12.8. The molecule has 0 bridgehead atoms. The van der Waals surface area contributed by atoms with Crippen LogP contribution >= 0.6 is 0 Å². The van der Waals surface area contributed by atoms with Crippen LogP contribution in [-0.2, 0) is 28.6 Å². The zero-order valence-electron chi connectivity index (χ0n) is 41.8. The predicted octanol–water partition coefficient (Wildman–Crippen LogP) is 17.7. The van der Waals surface area contributed by atoms with E-state index >= 15 is 0 Å². The Morgan fingerprint density at radius 3 is 0.803 bits per heavy atom. The Morgan fingerprint density at radius 1 is 0.311 bits per heavy atom. The number of carbonyl (C=O) groups excluding carboxylic acids is 3. The summed E-state index contributed by atoms with van der Waals surface area (Å²) < 4.78 is 16.8. The molecule has 1 atom stereocenters. The van der Waals surface area contributed by atoms with Crippen molar-refractivity contribution < 1.29 is 28.6 Å². The molecule has 0 saturated carbocycles. The molecule has 6 nitrogen and oxygen atoms in total. The second-order valence-electron chi connectivity index (χ2n) is 19.8. The van der Waals surface area contributed by atoms with Gasteiger partial charge in [-0.2, -0.15) is 0 Å². The Morgan fingerprint density at radius 2 is 0.541 bits per heavy atom. The zero-order valence-corrected chi connectivity index (χ0v) is 41.8. The lowest BCUT2D eigenvalue weighted by atomic mass is 10.0. The molecule has 0 amide bonds. The maximum atomic E-state index is 12.8. The van der Waals surface area contributed by atoms with Crippen LogP contribution in [0.5, 0.6) is 0 Å². The SMILES string of the molecule is CCCCCCCCCC(=O)OC[C@@H](COC(=O)CCCCCCCCCCCCCCCCCCC(C)C)OC(=O)CCCCCCCCCCCCCCCCC(C)C. The molecule has 0 saturated heterocycles. The van der Waals surface area contributed by atoms with Crippen LogP contribution < -0.4 is 0 Å². The van der Waals surface area contributed by atoms with Crippen molar-refractivity contribution in [2.24, 2.45) is 11.8 Å². The summed E-state index contributed by atoms with van der Waals surface area (Å²) in [4.78, 5) is 37.9. The van der Waals surface area contributed by atoms with Crippen molar-refractivity contribution in [3.05, 3.63) is 0 Å². The van der Waals surface area contributed by atoms with E-state index in [2.05, 4.69) is 34.6 Å².